The Morgan fingerprint density at radius 3 is 2.82 bits per heavy atom. The Bertz CT molecular complexity index is 1110. The SMILES string of the molecule is COc1nn(C)cc1COc1ccc2c(Nc3ccc(Cl)nc3)nccc2c1. The van der Waals surface area contributed by atoms with Gasteiger partial charge in [-0.05, 0) is 41.8 Å². The fraction of sp³-hybridized carbons (Fsp3) is 0.150. The van der Waals surface area contributed by atoms with Crippen molar-refractivity contribution in [2.24, 2.45) is 7.05 Å². The van der Waals surface area contributed by atoms with E-state index >= 15 is 0 Å². The molecule has 3 aromatic heterocycles. The van der Waals surface area contributed by atoms with Gasteiger partial charge in [0, 0.05) is 24.8 Å². The second-order valence-corrected chi connectivity index (χ2v) is 6.55. The highest BCUT2D eigenvalue weighted by Gasteiger charge is 2.10. The largest absolute Gasteiger partial charge is 0.489 e. The van der Waals surface area contributed by atoms with E-state index in [-0.39, 0.29) is 0 Å². The van der Waals surface area contributed by atoms with Crippen molar-refractivity contribution in [2.75, 3.05) is 12.4 Å². The number of anilines is 2. The number of aromatic nitrogens is 4. The third-order valence-electron chi connectivity index (χ3n) is 4.18. The summed E-state index contributed by atoms with van der Waals surface area (Å²) in [6.45, 7) is 0.370. The van der Waals surface area contributed by atoms with Gasteiger partial charge in [0.05, 0.1) is 24.6 Å². The van der Waals surface area contributed by atoms with Crippen LogP contribution in [0.1, 0.15) is 5.56 Å². The van der Waals surface area contributed by atoms with Gasteiger partial charge < -0.3 is 14.8 Å². The van der Waals surface area contributed by atoms with Crippen molar-refractivity contribution in [3.8, 4) is 11.6 Å². The van der Waals surface area contributed by atoms with Gasteiger partial charge in [0.25, 0.3) is 0 Å². The third-order valence-corrected chi connectivity index (χ3v) is 4.40. The van der Waals surface area contributed by atoms with Crippen LogP contribution in [0, 0.1) is 0 Å². The maximum absolute atomic E-state index is 5.93. The lowest BCUT2D eigenvalue weighted by atomic mass is 10.1. The van der Waals surface area contributed by atoms with Crippen molar-refractivity contribution in [1.29, 1.82) is 0 Å². The number of hydrogen-bond acceptors (Lipinski definition) is 6. The van der Waals surface area contributed by atoms with E-state index in [1.165, 1.54) is 0 Å². The number of nitrogens with zero attached hydrogens (tertiary/aromatic N) is 4. The van der Waals surface area contributed by atoms with Crippen LogP contribution in [0.15, 0.2) is 55.0 Å². The molecule has 8 heteroatoms. The number of nitrogens with one attached hydrogen (secondary N) is 1. The van der Waals surface area contributed by atoms with Crippen molar-refractivity contribution in [1.82, 2.24) is 19.7 Å². The van der Waals surface area contributed by atoms with Crippen LogP contribution in [0.4, 0.5) is 11.5 Å². The zero-order chi connectivity index (χ0) is 19.5. The van der Waals surface area contributed by atoms with Crippen molar-refractivity contribution in [2.45, 2.75) is 6.61 Å². The summed E-state index contributed by atoms with van der Waals surface area (Å²) >= 11 is 5.84. The van der Waals surface area contributed by atoms with Gasteiger partial charge in [-0.2, -0.15) is 0 Å². The van der Waals surface area contributed by atoms with E-state index in [0.717, 1.165) is 33.6 Å². The van der Waals surface area contributed by atoms with E-state index in [4.69, 9.17) is 21.1 Å². The minimum absolute atomic E-state index is 0.370. The molecule has 0 atom stereocenters. The van der Waals surface area contributed by atoms with Gasteiger partial charge in [-0.15, -0.1) is 5.10 Å². The van der Waals surface area contributed by atoms with Crippen molar-refractivity contribution in [3.63, 3.8) is 0 Å². The molecule has 0 amide bonds. The Morgan fingerprint density at radius 2 is 2.04 bits per heavy atom. The highest BCUT2D eigenvalue weighted by atomic mass is 35.5. The van der Waals surface area contributed by atoms with Gasteiger partial charge in [-0.3, -0.25) is 4.68 Å². The summed E-state index contributed by atoms with van der Waals surface area (Å²) in [6.07, 6.45) is 5.30. The summed E-state index contributed by atoms with van der Waals surface area (Å²) in [5.74, 6) is 2.06. The number of benzene rings is 1. The van der Waals surface area contributed by atoms with Crippen LogP contribution in [-0.4, -0.2) is 26.9 Å². The summed E-state index contributed by atoms with van der Waals surface area (Å²) in [5, 5.41) is 9.93. The van der Waals surface area contributed by atoms with Crippen LogP contribution in [0.2, 0.25) is 5.15 Å². The molecule has 28 heavy (non-hydrogen) atoms. The number of aryl methyl sites for hydroxylation is 1. The molecule has 0 spiro atoms. The maximum Gasteiger partial charge on any atom is 0.239 e. The topological polar surface area (TPSA) is 74.1 Å². The molecule has 4 aromatic rings. The lowest BCUT2D eigenvalue weighted by Crippen LogP contribution is -1.98. The number of fused-ring (bicyclic) bond motifs is 1. The second-order valence-electron chi connectivity index (χ2n) is 6.16. The first-order chi connectivity index (χ1) is 13.6. The summed E-state index contributed by atoms with van der Waals surface area (Å²) in [7, 11) is 3.44. The smallest absolute Gasteiger partial charge is 0.239 e. The Morgan fingerprint density at radius 1 is 1.14 bits per heavy atom. The van der Waals surface area contributed by atoms with E-state index in [1.807, 2.05) is 43.6 Å². The summed E-state index contributed by atoms with van der Waals surface area (Å²) in [4.78, 5) is 8.51. The van der Waals surface area contributed by atoms with Crippen molar-refractivity contribution >= 4 is 33.9 Å². The van der Waals surface area contributed by atoms with Crippen LogP contribution in [-0.2, 0) is 13.7 Å². The predicted octanol–water partition coefficient (Wildman–Crippen LogP) is 4.35. The van der Waals surface area contributed by atoms with Crippen molar-refractivity contribution in [3.05, 3.63) is 65.7 Å². The Labute approximate surface area is 166 Å². The fourth-order valence-electron chi connectivity index (χ4n) is 2.88. The highest BCUT2D eigenvalue weighted by molar-refractivity contribution is 6.29. The average Bonchev–Trinajstić information content (AvgIpc) is 3.08. The molecule has 1 N–H and O–H groups in total. The monoisotopic (exact) mass is 395 g/mol. The van der Waals surface area contributed by atoms with Gasteiger partial charge >= 0.3 is 0 Å². The molecule has 0 aliphatic rings. The van der Waals surface area contributed by atoms with E-state index < -0.39 is 0 Å². The molecule has 0 bridgehead atoms. The van der Waals surface area contributed by atoms with Crippen LogP contribution < -0.4 is 14.8 Å². The molecule has 142 valence electrons. The first kappa shape index (κ1) is 18.1. The van der Waals surface area contributed by atoms with Crippen LogP contribution in [0.3, 0.4) is 0 Å². The van der Waals surface area contributed by atoms with Gasteiger partial charge in [0.1, 0.15) is 23.3 Å². The molecule has 0 saturated carbocycles. The second kappa shape index (κ2) is 7.74. The molecule has 3 heterocycles. The molecule has 7 nitrogen and oxygen atoms in total. The molecule has 4 rings (SSSR count). The predicted molar refractivity (Wildman–Crippen MR) is 108 cm³/mol. The van der Waals surface area contributed by atoms with Gasteiger partial charge in [-0.1, -0.05) is 11.6 Å². The molecule has 0 aliphatic heterocycles. The van der Waals surface area contributed by atoms with E-state index in [9.17, 15) is 0 Å². The molecule has 0 fully saturated rings. The zero-order valence-electron chi connectivity index (χ0n) is 15.4. The van der Waals surface area contributed by atoms with Crippen molar-refractivity contribution < 1.29 is 9.47 Å². The lowest BCUT2D eigenvalue weighted by Gasteiger charge is -2.11. The average molecular weight is 396 g/mol. The van der Waals surface area contributed by atoms with Gasteiger partial charge in [-0.25, -0.2) is 9.97 Å². The number of pyridine rings is 2. The molecule has 0 saturated heterocycles. The molecule has 0 aliphatic carbocycles. The Kier molecular flexibility index (Phi) is 4.99. The summed E-state index contributed by atoms with van der Waals surface area (Å²) in [5.41, 5.74) is 1.70. The Hall–Kier alpha value is -3.32. The molecular formula is C20H18ClN5O2. The van der Waals surface area contributed by atoms with Gasteiger partial charge in [0.15, 0.2) is 0 Å². The quantitative estimate of drug-likeness (QED) is 0.489. The van der Waals surface area contributed by atoms with E-state index in [2.05, 4.69) is 20.4 Å². The maximum atomic E-state index is 5.93. The first-order valence-corrected chi connectivity index (χ1v) is 8.97. The normalized spacial score (nSPS) is 10.8. The van der Waals surface area contributed by atoms with Crippen LogP contribution >= 0.6 is 11.6 Å². The summed E-state index contributed by atoms with van der Waals surface area (Å²) < 4.78 is 12.9. The molecule has 1 aromatic carbocycles. The van der Waals surface area contributed by atoms with Crippen LogP contribution in [0.5, 0.6) is 11.6 Å². The Balaban J connectivity index is 1.55. The lowest BCUT2D eigenvalue weighted by molar-refractivity contribution is 0.296. The number of halogens is 1. The minimum Gasteiger partial charge on any atom is -0.489 e. The van der Waals surface area contributed by atoms with Crippen LogP contribution in [0.25, 0.3) is 10.8 Å². The third kappa shape index (κ3) is 3.84. The molecular weight excluding hydrogens is 378 g/mol. The number of rotatable bonds is 6. The highest BCUT2D eigenvalue weighted by Crippen LogP contribution is 2.28. The molecule has 0 unspecified atom stereocenters. The van der Waals surface area contributed by atoms with E-state index in [1.54, 1.807) is 30.3 Å². The number of ether oxygens (including phenoxy) is 2. The molecule has 0 radical (unpaired) electrons. The zero-order valence-corrected chi connectivity index (χ0v) is 16.1. The minimum atomic E-state index is 0.370. The number of hydrogen-bond donors (Lipinski definition) is 1. The van der Waals surface area contributed by atoms with E-state index in [0.29, 0.717) is 17.6 Å². The number of methoxy groups -OCH3 is 1. The first-order valence-electron chi connectivity index (χ1n) is 8.59. The standard InChI is InChI=1S/C20H18ClN5O2/c1-26-11-14(20(25-26)27-2)12-28-16-4-5-17-13(9-16)7-8-22-19(17)24-15-3-6-18(21)23-10-15/h3-11H,12H2,1-2H3,(H,22,24). The van der Waals surface area contributed by atoms with Gasteiger partial charge in [0.2, 0.25) is 5.88 Å². The summed E-state index contributed by atoms with van der Waals surface area (Å²) in [6, 6.07) is 11.4. The fourth-order valence-corrected chi connectivity index (χ4v) is 2.99.